The Morgan fingerprint density at radius 3 is 2.68 bits per heavy atom. The van der Waals surface area contributed by atoms with Gasteiger partial charge in [0, 0.05) is 36.7 Å². The number of Topliss-reactive ketones (excluding diaryl/α,β-unsaturated/α-hetero) is 1. The molecule has 2 aromatic rings. The van der Waals surface area contributed by atoms with E-state index in [-0.39, 0.29) is 36.5 Å². The zero-order valence-electron chi connectivity index (χ0n) is 29.2. The first-order chi connectivity index (χ1) is 24.1. The predicted octanol–water partition coefficient (Wildman–Crippen LogP) is 4.84. The molecule has 5 rings (SSSR count). The third kappa shape index (κ3) is 9.22. The van der Waals surface area contributed by atoms with Crippen molar-refractivity contribution in [2.24, 2.45) is 22.4 Å². The fourth-order valence-electron chi connectivity index (χ4n) is 6.96. The average molecular weight is 685 g/mol. The number of phenols is 1. The fraction of sp³-hybridized carbons (Fsp3) is 0.500. The van der Waals surface area contributed by atoms with Crippen molar-refractivity contribution in [2.45, 2.75) is 115 Å². The number of aliphatic hydroxyl groups excluding tert-OH is 3. The van der Waals surface area contributed by atoms with Crippen molar-refractivity contribution in [3.05, 3.63) is 82.2 Å². The maximum atomic E-state index is 13.4. The van der Waals surface area contributed by atoms with E-state index < -0.39 is 36.6 Å². The van der Waals surface area contributed by atoms with Crippen molar-refractivity contribution in [2.75, 3.05) is 6.54 Å². The Morgan fingerprint density at radius 1 is 1.10 bits per heavy atom. The van der Waals surface area contributed by atoms with Crippen molar-refractivity contribution in [3.8, 4) is 23.3 Å². The molecular formula is C40H52N4O6. The highest BCUT2D eigenvalue weighted by Crippen LogP contribution is 2.35. The molecule has 268 valence electrons. The lowest BCUT2D eigenvalue weighted by Gasteiger charge is -2.27. The number of carbonyl (C=O) groups excluding carboxylic acids is 1. The molecule has 8 N–H and O–H groups in total. The number of benzene rings is 2. The number of ketones is 1. The molecule has 0 unspecified atom stereocenters. The summed E-state index contributed by atoms with van der Waals surface area (Å²) in [6, 6.07) is 10.6. The third-order valence-corrected chi connectivity index (χ3v) is 9.85. The largest absolute Gasteiger partial charge is 0.504 e. The van der Waals surface area contributed by atoms with Gasteiger partial charge >= 0.3 is 0 Å². The van der Waals surface area contributed by atoms with Crippen LogP contribution in [0.25, 0.3) is 0 Å². The second-order valence-corrected chi connectivity index (χ2v) is 13.7. The van der Waals surface area contributed by atoms with Gasteiger partial charge in [0.15, 0.2) is 17.7 Å². The lowest BCUT2D eigenvalue weighted by Crippen LogP contribution is -2.35. The molecule has 0 aromatic heterocycles. The molecule has 0 fully saturated rings. The van der Waals surface area contributed by atoms with E-state index >= 15 is 0 Å². The minimum atomic E-state index is -1.04. The number of aliphatic imine (C=N–C) groups is 1. The number of phenolic OH excluding ortho intramolecular Hbond substituents is 1. The van der Waals surface area contributed by atoms with E-state index in [0.29, 0.717) is 37.8 Å². The molecule has 0 amide bonds. The molecule has 0 saturated carbocycles. The first kappa shape index (κ1) is 37.3. The topological polar surface area (TPSA) is 175 Å². The van der Waals surface area contributed by atoms with Gasteiger partial charge in [0.25, 0.3) is 0 Å². The Kier molecular flexibility index (Phi) is 12.9. The van der Waals surface area contributed by atoms with Gasteiger partial charge in [0.05, 0.1) is 37.1 Å². The number of hydrogen-bond acceptors (Lipinski definition) is 10. The Bertz CT molecular complexity index is 1670. The zero-order valence-corrected chi connectivity index (χ0v) is 29.2. The fourth-order valence-corrected chi connectivity index (χ4v) is 6.96. The van der Waals surface area contributed by atoms with E-state index in [1.807, 2.05) is 42.4 Å². The molecule has 3 aliphatic rings. The van der Waals surface area contributed by atoms with Crippen LogP contribution in [0, 0.1) is 17.8 Å². The van der Waals surface area contributed by atoms with Crippen LogP contribution in [0.4, 0.5) is 0 Å². The summed E-state index contributed by atoms with van der Waals surface area (Å²) in [6.45, 7) is 4.58. The van der Waals surface area contributed by atoms with Gasteiger partial charge in [0.2, 0.25) is 0 Å². The van der Waals surface area contributed by atoms with Gasteiger partial charge < -0.3 is 41.5 Å². The molecule has 0 saturated heterocycles. The minimum absolute atomic E-state index is 0.0236. The monoisotopic (exact) mass is 684 g/mol. The van der Waals surface area contributed by atoms with Gasteiger partial charge in [-0.3, -0.25) is 9.79 Å². The highest BCUT2D eigenvalue weighted by Gasteiger charge is 2.32. The summed E-state index contributed by atoms with van der Waals surface area (Å²) in [7, 11) is 0. The zero-order chi connectivity index (χ0) is 35.8. The smallest absolute Gasteiger partial charge is 0.183 e. The molecule has 5 atom stereocenters. The molecule has 2 bridgehead atoms. The van der Waals surface area contributed by atoms with Crippen LogP contribution in [0.1, 0.15) is 106 Å². The van der Waals surface area contributed by atoms with Crippen LogP contribution in [-0.2, 0) is 17.6 Å². The summed E-state index contributed by atoms with van der Waals surface area (Å²) in [5, 5.41) is 43.2. The Balaban J connectivity index is 1.32. The molecule has 0 spiro atoms. The van der Waals surface area contributed by atoms with Crippen molar-refractivity contribution >= 4 is 11.5 Å². The number of aromatic hydroxyl groups is 1. The first-order valence-corrected chi connectivity index (χ1v) is 18.0. The van der Waals surface area contributed by atoms with E-state index in [4.69, 9.17) is 16.2 Å². The van der Waals surface area contributed by atoms with Crippen LogP contribution in [0.3, 0.4) is 0 Å². The van der Waals surface area contributed by atoms with E-state index in [9.17, 15) is 25.2 Å². The second-order valence-electron chi connectivity index (χ2n) is 13.7. The molecule has 3 aliphatic heterocycles. The molecule has 2 aromatic carbocycles. The SMILES string of the molecule is CCCCC[C@H](C(=O)CCc1ccc(O)c(O[C@H]2CC#C[C@H](O)c3ccc(C(N)N)cc3CC3=CN=C4CN2C=C34)c1)[C@H](O)C[C@H](O)CCC. The Hall–Kier alpha value is -3.98. The number of ether oxygens (including phenoxy) is 1. The standard InChI is InChI=1S/C40H52N4O6/c1-3-5-6-9-31(37(49)21-29(45)8-4-2)35(47)16-12-25-13-17-36(48)38(18-25)50-39-11-7-10-34(46)30-15-14-26(40(41)42)19-27(30)20-28-22-43-33-24-44(39)23-32(28)33/h13-15,17-19,22-23,29,31,34,37,39-40,45-46,48-49H,3-6,8-9,11-12,16,20-21,24,41-42H2,1-2H3/t29-,31-,34+,37-,39+/m1/s1. The number of fused-ring (bicyclic) bond motifs is 2. The van der Waals surface area contributed by atoms with Crippen LogP contribution in [-0.4, -0.2) is 61.8 Å². The average Bonchev–Trinajstić information content (AvgIpc) is 3.67. The number of aliphatic hydroxyl groups is 3. The summed E-state index contributed by atoms with van der Waals surface area (Å²) in [6.07, 6.45) is 6.51. The number of nitrogens with zero attached hydrogens (tertiary/aromatic N) is 2. The van der Waals surface area contributed by atoms with Gasteiger partial charge in [0.1, 0.15) is 11.9 Å². The van der Waals surface area contributed by atoms with E-state index in [1.54, 1.807) is 18.2 Å². The normalized spacial score (nSPS) is 20.0. The van der Waals surface area contributed by atoms with E-state index in [0.717, 1.165) is 59.2 Å². The third-order valence-electron chi connectivity index (χ3n) is 9.85. The molecule has 10 nitrogen and oxygen atoms in total. The van der Waals surface area contributed by atoms with E-state index in [2.05, 4.69) is 23.8 Å². The van der Waals surface area contributed by atoms with Crippen molar-refractivity contribution < 1.29 is 30.0 Å². The maximum Gasteiger partial charge on any atom is 0.183 e. The number of rotatable bonds is 16. The Labute approximate surface area is 295 Å². The predicted molar refractivity (Wildman–Crippen MR) is 194 cm³/mol. The molecule has 10 heteroatoms. The van der Waals surface area contributed by atoms with Gasteiger partial charge in [-0.15, -0.1) is 0 Å². The number of aryl methyl sites for hydroxylation is 1. The minimum Gasteiger partial charge on any atom is -0.504 e. The van der Waals surface area contributed by atoms with Crippen LogP contribution in [0.2, 0.25) is 0 Å². The summed E-state index contributed by atoms with van der Waals surface area (Å²) < 4.78 is 6.43. The van der Waals surface area contributed by atoms with Crippen LogP contribution < -0.4 is 16.2 Å². The maximum absolute atomic E-state index is 13.4. The van der Waals surface area contributed by atoms with Crippen molar-refractivity contribution in [3.63, 3.8) is 0 Å². The lowest BCUT2D eigenvalue weighted by molar-refractivity contribution is -0.127. The molecular weight excluding hydrogens is 632 g/mol. The number of nitrogens with two attached hydrogens (primary N) is 2. The van der Waals surface area contributed by atoms with Crippen molar-refractivity contribution in [1.29, 1.82) is 0 Å². The lowest BCUT2D eigenvalue weighted by atomic mass is 9.85. The molecule has 0 radical (unpaired) electrons. The number of carbonyl (C=O) groups is 1. The quantitative estimate of drug-likeness (QED) is 0.0821. The van der Waals surface area contributed by atoms with Crippen LogP contribution in [0.5, 0.6) is 11.5 Å². The van der Waals surface area contributed by atoms with Gasteiger partial charge in [-0.05, 0) is 65.6 Å². The summed E-state index contributed by atoms with van der Waals surface area (Å²) in [5.41, 5.74) is 17.9. The van der Waals surface area contributed by atoms with E-state index in [1.165, 1.54) is 0 Å². The summed E-state index contributed by atoms with van der Waals surface area (Å²) >= 11 is 0. The summed E-state index contributed by atoms with van der Waals surface area (Å²) in [4.78, 5) is 20.1. The number of hydrogen-bond donors (Lipinski definition) is 6. The van der Waals surface area contributed by atoms with Crippen molar-refractivity contribution in [1.82, 2.24) is 4.90 Å². The molecule has 50 heavy (non-hydrogen) atoms. The number of allylic oxidation sites excluding steroid dienone is 1. The van der Waals surface area contributed by atoms with Crippen LogP contribution in [0.15, 0.2) is 64.9 Å². The molecule has 0 aliphatic carbocycles. The molecule has 3 heterocycles. The van der Waals surface area contributed by atoms with Gasteiger partial charge in [-0.1, -0.05) is 75.6 Å². The van der Waals surface area contributed by atoms with Gasteiger partial charge in [-0.25, -0.2) is 0 Å². The number of unbranched alkanes of at least 4 members (excludes halogenated alkanes) is 2. The summed E-state index contributed by atoms with van der Waals surface area (Å²) in [5.74, 6) is 5.75. The second kappa shape index (κ2) is 17.3. The first-order valence-electron chi connectivity index (χ1n) is 18.0. The van der Waals surface area contributed by atoms with Gasteiger partial charge in [-0.2, -0.15) is 0 Å². The Morgan fingerprint density at radius 2 is 1.92 bits per heavy atom. The highest BCUT2D eigenvalue weighted by atomic mass is 16.5. The highest BCUT2D eigenvalue weighted by molar-refractivity contribution is 6.09. The van der Waals surface area contributed by atoms with Crippen LogP contribution >= 0.6 is 0 Å².